The second-order valence-corrected chi connectivity index (χ2v) is 3.66. The first-order valence-corrected chi connectivity index (χ1v) is 5.35. The number of hydrogen-bond acceptors (Lipinski definition) is 3. The summed E-state index contributed by atoms with van der Waals surface area (Å²) in [6.45, 7) is -1.67. The molecule has 1 amide bonds. The SMILES string of the molecule is N#Cc1ccc(NC(=O)CCOCC(F)(F)F)cc1. The van der Waals surface area contributed by atoms with Crippen LogP contribution >= 0.6 is 0 Å². The summed E-state index contributed by atoms with van der Waals surface area (Å²) >= 11 is 0. The third-order valence-corrected chi connectivity index (χ3v) is 2.04. The van der Waals surface area contributed by atoms with E-state index in [-0.39, 0.29) is 13.0 Å². The van der Waals surface area contributed by atoms with Gasteiger partial charge in [0.15, 0.2) is 0 Å². The molecule has 1 N–H and O–H groups in total. The van der Waals surface area contributed by atoms with Gasteiger partial charge in [-0.3, -0.25) is 4.79 Å². The van der Waals surface area contributed by atoms with Crippen LogP contribution in [0.25, 0.3) is 0 Å². The number of nitrogens with one attached hydrogen (secondary N) is 1. The highest BCUT2D eigenvalue weighted by atomic mass is 19.4. The number of amides is 1. The van der Waals surface area contributed by atoms with Crippen LogP contribution in [-0.4, -0.2) is 25.3 Å². The molecule has 0 radical (unpaired) electrons. The molecule has 0 aliphatic carbocycles. The second kappa shape index (κ2) is 6.75. The largest absolute Gasteiger partial charge is 0.411 e. The van der Waals surface area contributed by atoms with Crippen molar-refractivity contribution in [2.45, 2.75) is 12.6 Å². The van der Waals surface area contributed by atoms with E-state index in [1.54, 1.807) is 0 Å². The molecular weight excluding hydrogens is 261 g/mol. The van der Waals surface area contributed by atoms with Crippen LogP contribution in [0.3, 0.4) is 0 Å². The molecule has 0 saturated heterocycles. The molecule has 0 unspecified atom stereocenters. The maximum atomic E-state index is 11.7. The van der Waals surface area contributed by atoms with E-state index in [2.05, 4.69) is 10.1 Å². The summed E-state index contributed by atoms with van der Waals surface area (Å²) in [6, 6.07) is 8.04. The van der Waals surface area contributed by atoms with Crippen molar-refractivity contribution >= 4 is 11.6 Å². The number of alkyl halides is 3. The zero-order valence-electron chi connectivity index (χ0n) is 9.83. The van der Waals surface area contributed by atoms with Crippen LogP contribution in [0.2, 0.25) is 0 Å². The Kier molecular flexibility index (Phi) is 5.33. The monoisotopic (exact) mass is 272 g/mol. The van der Waals surface area contributed by atoms with Crippen LogP contribution in [0.5, 0.6) is 0 Å². The topological polar surface area (TPSA) is 62.1 Å². The van der Waals surface area contributed by atoms with Gasteiger partial charge in [-0.25, -0.2) is 0 Å². The predicted molar refractivity (Wildman–Crippen MR) is 61.3 cm³/mol. The van der Waals surface area contributed by atoms with Gasteiger partial charge in [0.1, 0.15) is 6.61 Å². The van der Waals surface area contributed by atoms with Crippen LogP contribution in [0.4, 0.5) is 18.9 Å². The number of carbonyl (C=O) groups excluding carboxylic acids is 1. The van der Waals surface area contributed by atoms with Gasteiger partial charge >= 0.3 is 6.18 Å². The van der Waals surface area contributed by atoms with Gasteiger partial charge in [-0.05, 0) is 24.3 Å². The highest BCUT2D eigenvalue weighted by molar-refractivity contribution is 5.90. The molecule has 1 aromatic carbocycles. The third-order valence-electron chi connectivity index (χ3n) is 2.04. The Labute approximate surface area is 107 Å². The number of carbonyl (C=O) groups is 1. The van der Waals surface area contributed by atoms with Crippen LogP contribution in [0.15, 0.2) is 24.3 Å². The summed E-state index contributed by atoms with van der Waals surface area (Å²) in [6.07, 6.45) is -4.56. The Morgan fingerprint density at radius 3 is 2.47 bits per heavy atom. The maximum absolute atomic E-state index is 11.7. The van der Waals surface area contributed by atoms with Crippen molar-refractivity contribution in [3.8, 4) is 6.07 Å². The quantitative estimate of drug-likeness (QED) is 0.837. The molecule has 102 valence electrons. The Morgan fingerprint density at radius 2 is 1.95 bits per heavy atom. The Bertz CT molecular complexity index is 463. The van der Waals surface area contributed by atoms with Crippen LogP contribution < -0.4 is 5.32 Å². The van der Waals surface area contributed by atoms with Crippen LogP contribution in [-0.2, 0) is 9.53 Å². The summed E-state index contributed by atoms with van der Waals surface area (Å²) in [5.41, 5.74) is 0.923. The van der Waals surface area contributed by atoms with E-state index >= 15 is 0 Å². The Morgan fingerprint density at radius 1 is 1.32 bits per heavy atom. The lowest BCUT2D eigenvalue weighted by Crippen LogP contribution is -2.20. The summed E-state index contributed by atoms with van der Waals surface area (Å²) < 4.78 is 39.6. The highest BCUT2D eigenvalue weighted by Crippen LogP contribution is 2.14. The molecule has 0 aliphatic heterocycles. The number of nitrogens with zero attached hydrogens (tertiary/aromatic N) is 1. The summed E-state index contributed by atoms with van der Waals surface area (Å²) in [4.78, 5) is 11.4. The number of hydrogen-bond donors (Lipinski definition) is 1. The zero-order chi connectivity index (χ0) is 14.3. The number of nitriles is 1. The number of anilines is 1. The second-order valence-electron chi connectivity index (χ2n) is 3.66. The van der Waals surface area contributed by atoms with Gasteiger partial charge in [-0.15, -0.1) is 0 Å². The molecule has 0 aromatic heterocycles. The lowest BCUT2D eigenvalue weighted by Gasteiger charge is -2.08. The fraction of sp³-hybridized carbons (Fsp3) is 0.333. The van der Waals surface area contributed by atoms with E-state index in [9.17, 15) is 18.0 Å². The van der Waals surface area contributed by atoms with Gasteiger partial charge in [0.05, 0.1) is 24.7 Å². The van der Waals surface area contributed by atoms with Crippen LogP contribution in [0, 0.1) is 11.3 Å². The van der Waals surface area contributed by atoms with Crippen LogP contribution in [0.1, 0.15) is 12.0 Å². The minimum absolute atomic E-state index is 0.171. The molecule has 4 nitrogen and oxygen atoms in total. The standard InChI is InChI=1S/C12H11F3N2O2/c13-12(14,15)8-19-6-5-11(18)17-10-3-1-9(7-16)2-4-10/h1-4H,5-6,8H2,(H,17,18). The molecular formula is C12H11F3N2O2. The molecule has 7 heteroatoms. The number of ether oxygens (including phenoxy) is 1. The first-order valence-electron chi connectivity index (χ1n) is 5.35. The average molecular weight is 272 g/mol. The molecule has 0 atom stereocenters. The lowest BCUT2D eigenvalue weighted by atomic mass is 10.2. The molecule has 0 heterocycles. The van der Waals surface area contributed by atoms with E-state index in [4.69, 9.17) is 5.26 Å². The van der Waals surface area contributed by atoms with Crippen molar-refractivity contribution in [2.24, 2.45) is 0 Å². The van der Waals surface area contributed by atoms with E-state index in [0.717, 1.165) is 0 Å². The molecule has 0 fully saturated rings. The zero-order valence-corrected chi connectivity index (χ0v) is 9.83. The number of halogens is 3. The summed E-state index contributed by atoms with van der Waals surface area (Å²) in [5.74, 6) is -0.452. The minimum Gasteiger partial charge on any atom is -0.372 e. The summed E-state index contributed by atoms with van der Waals surface area (Å²) in [5, 5.41) is 11.1. The van der Waals surface area contributed by atoms with Crippen molar-refractivity contribution in [1.29, 1.82) is 5.26 Å². The molecule has 1 aromatic rings. The van der Waals surface area contributed by atoms with Gasteiger partial charge in [0, 0.05) is 5.69 Å². The fourth-order valence-electron chi connectivity index (χ4n) is 1.20. The van der Waals surface area contributed by atoms with Gasteiger partial charge < -0.3 is 10.1 Å². The number of benzene rings is 1. The van der Waals surface area contributed by atoms with Gasteiger partial charge in [0.25, 0.3) is 0 Å². The van der Waals surface area contributed by atoms with E-state index in [1.807, 2.05) is 6.07 Å². The van der Waals surface area contributed by atoms with Crippen molar-refractivity contribution in [1.82, 2.24) is 0 Å². The van der Waals surface area contributed by atoms with Crippen molar-refractivity contribution < 1.29 is 22.7 Å². The first kappa shape index (κ1) is 15.0. The molecule has 19 heavy (non-hydrogen) atoms. The van der Waals surface area contributed by atoms with Crippen molar-refractivity contribution in [2.75, 3.05) is 18.5 Å². The van der Waals surface area contributed by atoms with Gasteiger partial charge in [-0.1, -0.05) is 0 Å². The van der Waals surface area contributed by atoms with Gasteiger partial charge in [-0.2, -0.15) is 18.4 Å². The predicted octanol–water partition coefficient (Wildman–Crippen LogP) is 2.47. The molecule has 1 rings (SSSR count). The fourth-order valence-corrected chi connectivity index (χ4v) is 1.20. The molecule has 0 bridgehead atoms. The summed E-state index contributed by atoms with van der Waals surface area (Å²) in [7, 11) is 0. The first-order chi connectivity index (χ1) is 8.90. The third kappa shape index (κ3) is 6.43. The molecule has 0 saturated carbocycles. The maximum Gasteiger partial charge on any atom is 0.411 e. The van der Waals surface area contributed by atoms with Crippen molar-refractivity contribution in [3.63, 3.8) is 0 Å². The van der Waals surface area contributed by atoms with Crippen molar-refractivity contribution in [3.05, 3.63) is 29.8 Å². The Hall–Kier alpha value is -2.07. The molecule has 0 spiro atoms. The minimum atomic E-state index is -4.39. The van der Waals surface area contributed by atoms with Gasteiger partial charge in [0.2, 0.25) is 5.91 Å². The normalized spacial score (nSPS) is 10.8. The van der Waals surface area contributed by atoms with E-state index in [1.165, 1.54) is 24.3 Å². The number of rotatable bonds is 5. The molecule has 0 aliphatic rings. The van der Waals surface area contributed by atoms with E-state index in [0.29, 0.717) is 11.3 Å². The van der Waals surface area contributed by atoms with E-state index < -0.39 is 18.7 Å². The Balaban J connectivity index is 2.29. The smallest absolute Gasteiger partial charge is 0.372 e. The highest BCUT2D eigenvalue weighted by Gasteiger charge is 2.27. The lowest BCUT2D eigenvalue weighted by molar-refractivity contribution is -0.174. The average Bonchev–Trinajstić information content (AvgIpc) is 2.34.